The van der Waals surface area contributed by atoms with Gasteiger partial charge in [-0.15, -0.1) is 0 Å². The van der Waals surface area contributed by atoms with E-state index in [2.05, 4.69) is 26.2 Å². The molecule has 8 nitrogen and oxygen atoms in total. The second-order valence-electron chi connectivity index (χ2n) is 9.16. The molecule has 0 aromatic carbocycles. The number of aromatic nitrogens is 4. The highest BCUT2D eigenvalue weighted by molar-refractivity contribution is 5.83. The molecule has 0 spiro atoms. The van der Waals surface area contributed by atoms with Crippen LogP contribution in [0.5, 0.6) is 0 Å². The summed E-state index contributed by atoms with van der Waals surface area (Å²) in [6.07, 6.45) is 9.51. The van der Waals surface area contributed by atoms with Gasteiger partial charge in [0.2, 0.25) is 5.91 Å². The van der Waals surface area contributed by atoms with Gasteiger partial charge in [0.25, 0.3) is 0 Å². The van der Waals surface area contributed by atoms with Gasteiger partial charge in [0, 0.05) is 31.3 Å². The van der Waals surface area contributed by atoms with Gasteiger partial charge in [-0.25, -0.2) is 14.4 Å². The number of hydrazone groups is 1. The summed E-state index contributed by atoms with van der Waals surface area (Å²) in [6.45, 7) is 0.727. The van der Waals surface area contributed by atoms with Crippen LogP contribution in [0, 0.1) is 34.4 Å². The Morgan fingerprint density at radius 2 is 2.12 bits per heavy atom. The number of amides is 1. The third kappa shape index (κ3) is 2.90. The van der Waals surface area contributed by atoms with E-state index in [-0.39, 0.29) is 23.3 Å². The Balaban J connectivity index is 1.19. The van der Waals surface area contributed by atoms with E-state index in [1.807, 2.05) is 10.7 Å². The largest absolute Gasteiger partial charge is 0.273 e. The van der Waals surface area contributed by atoms with Gasteiger partial charge in [0.05, 0.1) is 24.0 Å². The molecule has 3 saturated carbocycles. The molecule has 3 aliphatic carbocycles. The van der Waals surface area contributed by atoms with Crippen LogP contribution in [-0.2, 0) is 11.3 Å². The van der Waals surface area contributed by atoms with Gasteiger partial charge in [0.1, 0.15) is 23.1 Å². The minimum absolute atomic E-state index is 0.0167. The van der Waals surface area contributed by atoms with Gasteiger partial charge in [-0.05, 0) is 54.4 Å². The first-order valence-corrected chi connectivity index (χ1v) is 10.7. The lowest BCUT2D eigenvalue weighted by Gasteiger charge is -2.38. The number of nitrogens with zero attached hydrogens (tertiary/aromatic N) is 7. The van der Waals surface area contributed by atoms with Crippen LogP contribution in [0.2, 0.25) is 0 Å². The molecule has 0 radical (unpaired) electrons. The van der Waals surface area contributed by atoms with Crippen molar-refractivity contribution < 1.29 is 9.18 Å². The Hall–Kier alpha value is -3.67. The van der Waals surface area contributed by atoms with Crippen LogP contribution in [-0.4, -0.2) is 36.9 Å². The molecule has 0 N–H and O–H groups in total. The molecule has 1 amide bonds. The summed E-state index contributed by atoms with van der Waals surface area (Å²) in [5.74, 6) is -0.135. The molecule has 4 aliphatic rings. The van der Waals surface area contributed by atoms with Crippen LogP contribution >= 0.6 is 0 Å². The highest BCUT2D eigenvalue weighted by atomic mass is 19.1. The van der Waals surface area contributed by atoms with Crippen molar-refractivity contribution in [3.8, 4) is 6.07 Å². The van der Waals surface area contributed by atoms with E-state index in [0.717, 1.165) is 37.5 Å². The average Bonchev–Trinajstić information content (AvgIpc) is 3.55. The molecule has 3 fully saturated rings. The number of pyridine rings is 2. The van der Waals surface area contributed by atoms with Gasteiger partial charge < -0.3 is 0 Å². The summed E-state index contributed by atoms with van der Waals surface area (Å²) in [5, 5.41) is 19.4. The smallest absolute Gasteiger partial charge is 0.246 e. The number of hydrogen-bond donors (Lipinski definition) is 0. The minimum atomic E-state index is -0.410. The zero-order valence-corrected chi connectivity index (χ0v) is 17.2. The summed E-state index contributed by atoms with van der Waals surface area (Å²) in [5.41, 5.74) is 2.69. The van der Waals surface area contributed by atoms with Crippen LogP contribution in [0.1, 0.15) is 43.0 Å². The van der Waals surface area contributed by atoms with E-state index < -0.39 is 5.82 Å². The Kier molecular flexibility index (Phi) is 4.12. The second-order valence-corrected chi connectivity index (χ2v) is 9.16. The lowest BCUT2D eigenvalue weighted by atomic mass is 9.69. The van der Waals surface area contributed by atoms with Gasteiger partial charge >= 0.3 is 0 Å². The monoisotopic (exact) mass is 429 g/mol. The minimum Gasteiger partial charge on any atom is -0.273 e. The lowest BCUT2D eigenvalue weighted by molar-refractivity contribution is -0.138. The number of fused-ring (bicyclic) bond motifs is 2. The Labute approximate surface area is 183 Å². The van der Waals surface area contributed by atoms with Crippen LogP contribution in [0.4, 0.5) is 4.39 Å². The van der Waals surface area contributed by atoms with Crippen molar-refractivity contribution in [2.75, 3.05) is 0 Å². The average molecular weight is 429 g/mol. The molecule has 0 saturated heterocycles. The molecule has 3 aromatic heterocycles. The maximum absolute atomic E-state index is 13.7. The molecule has 2 atom stereocenters. The maximum atomic E-state index is 13.7. The summed E-state index contributed by atoms with van der Waals surface area (Å²) >= 11 is 0. The van der Waals surface area contributed by atoms with Crippen molar-refractivity contribution >= 4 is 23.2 Å². The van der Waals surface area contributed by atoms with E-state index in [0.29, 0.717) is 29.1 Å². The first-order valence-electron chi connectivity index (χ1n) is 10.7. The highest BCUT2D eigenvalue weighted by Crippen LogP contribution is 2.63. The molecular weight excluding hydrogens is 409 g/mol. The van der Waals surface area contributed by atoms with Gasteiger partial charge in [-0.2, -0.15) is 15.5 Å². The van der Waals surface area contributed by atoms with Gasteiger partial charge in [-0.3, -0.25) is 14.5 Å². The highest BCUT2D eigenvalue weighted by Gasteiger charge is 2.59. The topological polar surface area (TPSA) is 100 Å². The number of halogens is 1. The SMILES string of the molecule is N#Cc1ccc2c(cnn2CC23CC(C2)[C@@H](C(=O)N2N=CCC2c2cncc(F)c2)C3)n1. The quantitative estimate of drug-likeness (QED) is 0.634. The Morgan fingerprint density at radius 3 is 2.94 bits per heavy atom. The molecule has 4 heterocycles. The zero-order chi connectivity index (χ0) is 21.9. The van der Waals surface area contributed by atoms with E-state index in [1.165, 1.54) is 11.1 Å². The third-order valence-electron chi connectivity index (χ3n) is 7.20. The first-order chi connectivity index (χ1) is 15.5. The summed E-state index contributed by atoms with van der Waals surface area (Å²) in [4.78, 5) is 21.7. The summed E-state index contributed by atoms with van der Waals surface area (Å²) < 4.78 is 15.6. The van der Waals surface area contributed by atoms with Crippen molar-refractivity contribution in [3.63, 3.8) is 0 Å². The molecular formula is C23H20FN7O. The van der Waals surface area contributed by atoms with E-state index in [1.54, 1.807) is 24.7 Å². The molecule has 32 heavy (non-hydrogen) atoms. The zero-order valence-electron chi connectivity index (χ0n) is 17.2. The normalized spacial score (nSPS) is 28.1. The number of hydrogen-bond acceptors (Lipinski definition) is 6. The van der Waals surface area contributed by atoms with Gasteiger partial charge in [-0.1, -0.05) is 0 Å². The van der Waals surface area contributed by atoms with Crippen LogP contribution in [0.15, 0.2) is 41.9 Å². The Bertz CT molecular complexity index is 1300. The molecule has 1 unspecified atom stereocenters. The molecule has 7 rings (SSSR count). The maximum Gasteiger partial charge on any atom is 0.246 e. The fourth-order valence-corrected chi connectivity index (χ4v) is 5.78. The number of carbonyl (C=O) groups is 1. The third-order valence-corrected chi connectivity index (χ3v) is 7.20. The molecule has 2 bridgehead atoms. The molecule has 1 aliphatic heterocycles. The second kappa shape index (κ2) is 6.92. The number of carbonyl (C=O) groups excluding carboxylic acids is 1. The van der Waals surface area contributed by atoms with E-state index in [9.17, 15) is 9.18 Å². The lowest BCUT2D eigenvalue weighted by Crippen LogP contribution is -2.35. The Morgan fingerprint density at radius 1 is 1.25 bits per heavy atom. The summed E-state index contributed by atoms with van der Waals surface area (Å²) in [6, 6.07) is 6.77. The standard InChI is InChI=1S/C23H20FN7O/c24-16-5-14(10-26-11-16)20-3-4-27-31(20)22(32)18-8-23(6-15(18)7-23)13-30-21-2-1-17(9-25)29-19(21)12-28-30/h1-2,4-5,10-12,15,18,20H,3,6-8,13H2/t15?,18-,20?,23?/m0/s1. The fraction of sp³-hybridized carbons (Fsp3) is 0.391. The van der Waals surface area contributed by atoms with Gasteiger partial charge in [0.15, 0.2) is 0 Å². The predicted octanol–water partition coefficient (Wildman–Crippen LogP) is 3.21. The predicted molar refractivity (Wildman–Crippen MR) is 112 cm³/mol. The van der Waals surface area contributed by atoms with Crippen LogP contribution in [0.25, 0.3) is 11.0 Å². The summed E-state index contributed by atoms with van der Waals surface area (Å²) in [7, 11) is 0. The molecule has 160 valence electrons. The van der Waals surface area contributed by atoms with Crippen LogP contribution in [0.3, 0.4) is 0 Å². The fourth-order valence-electron chi connectivity index (χ4n) is 5.78. The molecule has 3 aromatic rings. The number of rotatable bonds is 4. The van der Waals surface area contributed by atoms with Crippen molar-refractivity contribution in [1.82, 2.24) is 24.8 Å². The van der Waals surface area contributed by atoms with Crippen molar-refractivity contribution in [2.24, 2.45) is 22.4 Å². The first kappa shape index (κ1) is 19.0. The van der Waals surface area contributed by atoms with E-state index >= 15 is 0 Å². The van der Waals surface area contributed by atoms with Crippen molar-refractivity contribution in [1.29, 1.82) is 5.26 Å². The van der Waals surface area contributed by atoms with Crippen molar-refractivity contribution in [2.45, 2.75) is 38.3 Å². The van der Waals surface area contributed by atoms with Crippen molar-refractivity contribution in [3.05, 3.63) is 53.9 Å². The molecule has 9 heteroatoms. The van der Waals surface area contributed by atoms with E-state index in [4.69, 9.17) is 5.26 Å². The van der Waals surface area contributed by atoms with Crippen LogP contribution < -0.4 is 0 Å². The number of nitriles is 1.